The van der Waals surface area contributed by atoms with Crippen LogP contribution in [0.1, 0.15) is 32.3 Å². The number of aliphatic hydroxyl groups is 1. The Hall–Kier alpha value is -0.720. The van der Waals surface area contributed by atoms with Crippen molar-refractivity contribution in [3.63, 3.8) is 0 Å². The number of hydrogen-bond acceptors (Lipinski definition) is 3. The van der Waals surface area contributed by atoms with Crippen molar-refractivity contribution in [1.82, 2.24) is 0 Å². The summed E-state index contributed by atoms with van der Waals surface area (Å²) in [5.74, 6) is 1.07. The third kappa shape index (κ3) is 6.99. The summed E-state index contributed by atoms with van der Waals surface area (Å²) in [5.41, 5.74) is 1.41. The molecule has 2 aromatic rings. The average molecular weight is 446 g/mol. The Labute approximate surface area is 178 Å². The number of unbranched alkanes of at least 4 members (excludes halogenated alkanes) is 1. The van der Waals surface area contributed by atoms with Crippen LogP contribution in [0.25, 0.3) is 0 Å². The largest absolute Gasteiger partial charge is 0.392 e. The van der Waals surface area contributed by atoms with Crippen molar-refractivity contribution in [2.45, 2.75) is 43.4 Å². The average Bonchev–Trinajstić information content (AvgIpc) is 2.64. The van der Waals surface area contributed by atoms with Crippen molar-refractivity contribution >= 4 is 51.6 Å². The van der Waals surface area contributed by atoms with E-state index in [1.807, 2.05) is 16.1 Å². The van der Waals surface area contributed by atoms with Gasteiger partial charge in [-0.25, -0.2) is 4.21 Å². The molecule has 1 N–H and O–H groups in total. The van der Waals surface area contributed by atoms with Gasteiger partial charge in [0.05, 0.1) is 17.2 Å². The van der Waals surface area contributed by atoms with Gasteiger partial charge in [0.1, 0.15) is 0 Å². The van der Waals surface area contributed by atoms with E-state index in [2.05, 4.69) is 13.8 Å². The van der Waals surface area contributed by atoms with Gasteiger partial charge in [-0.1, -0.05) is 43.1 Å². The predicted molar refractivity (Wildman–Crippen MR) is 119 cm³/mol. The number of nitrogens with zero attached hydrogens (tertiary/aromatic N) is 1. The van der Waals surface area contributed by atoms with Gasteiger partial charge in [-0.15, -0.1) is 0 Å². The third-order valence-electron chi connectivity index (χ3n) is 3.91. The molecule has 0 spiro atoms. The van der Waals surface area contributed by atoms with Crippen LogP contribution in [0.15, 0.2) is 47.4 Å². The predicted octanol–water partition coefficient (Wildman–Crippen LogP) is 5.94. The summed E-state index contributed by atoms with van der Waals surface area (Å²) in [7, 11) is -1.42. The fourth-order valence-corrected chi connectivity index (χ4v) is 4.95. The fraction of sp³-hybridized carbons (Fsp3) is 0.400. The summed E-state index contributed by atoms with van der Waals surface area (Å²) in [6.45, 7) is 4.85. The molecule has 27 heavy (non-hydrogen) atoms. The molecule has 2 aromatic carbocycles. The summed E-state index contributed by atoms with van der Waals surface area (Å²) >= 11 is 14.1. The topological polar surface area (TPSA) is 40.5 Å². The highest BCUT2D eigenvalue weighted by Gasteiger charge is 2.19. The second-order valence-electron chi connectivity index (χ2n) is 6.36. The number of benzene rings is 2. The summed E-state index contributed by atoms with van der Waals surface area (Å²) in [5, 5.41) is 11.5. The molecule has 0 aliphatic carbocycles. The highest BCUT2D eigenvalue weighted by Crippen LogP contribution is 2.29. The zero-order chi connectivity index (χ0) is 19.8. The molecule has 0 aromatic heterocycles. The Morgan fingerprint density at radius 2 is 1.74 bits per heavy atom. The van der Waals surface area contributed by atoms with E-state index in [1.54, 1.807) is 42.5 Å². The molecule has 0 fully saturated rings. The maximum atomic E-state index is 13.3. The first-order chi connectivity index (χ1) is 12.9. The van der Waals surface area contributed by atoms with Crippen molar-refractivity contribution in [3.8, 4) is 0 Å². The smallest absolute Gasteiger partial charge is 0.152 e. The van der Waals surface area contributed by atoms with Gasteiger partial charge in [0, 0.05) is 22.2 Å². The molecule has 0 amide bonds. The fourth-order valence-electron chi connectivity index (χ4n) is 2.55. The van der Waals surface area contributed by atoms with Gasteiger partial charge >= 0.3 is 0 Å². The number of anilines is 1. The van der Waals surface area contributed by atoms with Gasteiger partial charge in [-0.05, 0) is 60.2 Å². The number of halogens is 2. The van der Waals surface area contributed by atoms with Crippen LogP contribution in [0, 0.1) is 0 Å². The summed E-state index contributed by atoms with van der Waals surface area (Å²) < 4.78 is 15.1. The van der Waals surface area contributed by atoms with Crippen LogP contribution < -0.4 is 4.31 Å². The lowest BCUT2D eigenvalue weighted by Gasteiger charge is -2.26. The lowest BCUT2D eigenvalue weighted by atomic mass is 10.2. The molecule has 0 saturated carbocycles. The van der Waals surface area contributed by atoms with Gasteiger partial charge < -0.3 is 5.11 Å². The minimum absolute atomic E-state index is 0.135. The van der Waals surface area contributed by atoms with E-state index in [9.17, 15) is 9.32 Å². The Bertz CT molecular complexity index is 754. The monoisotopic (exact) mass is 445 g/mol. The molecule has 0 aliphatic heterocycles. The molecule has 1 unspecified atom stereocenters. The molecule has 148 valence electrons. The number of aliphatic hydroxyl groups excluding tert-OH is 1. The minimum atomic E-state index is -1.42. The maximum Gasteiger partial charge on any atom is 0.152 e. The van der Waals surface area contributed by atoms with Gasteiger partial charge in [0.2, 0.25) is 0 Å². The molecule has 7 heteroatoms. The van der Waals surface area contributed by atoms with Gasteiger partial charge in [0.15, 0.2) is 11.0 Å². The van der Waals surface area contributed by atoms with Crippen LogP contribution in [0.3, 0.4) is 0 Å². The molecule has 2 rings (SSSR count). The molecule has 3 nitrogen and oxygen atoms in total. The zero-order valence-electron chi connectivity index (χ0n) is 15.5. The van der Waals surface area contributed by atoms with Crippen molar-refractivity contribution in [2.75, 3.05) is 16.6 Å². The molecule has 0 saturated heterocycles. The Balaban J connectivity index is 2.24. The van der Waals surface area contributed by atoms with Crippen LogP contribution >= 0.6 is 35.0 Å². The standard InChI is InChI=1S/C20H25Cl2NO2S2/c1-15(2)26-12-4-3-11-23(20-13-18(22)6-5-16(20)14-24)27(25)19-9-7-17(21)8-10-19/h5-10,13,15,24H,3-4,11-12,14H2,1-2H3. The van der Waals surface area contributed by atoms with E-state index in [4.69, 9.17) is 23.2 Å². The SMILES string of the molecule is CC(C)SCCCCN(c1cc(Cl)ccc1CO)S(=O)c1ccc(Cl)cc1. The lowest BCUT2D eigenvalue weighted by molar-refractivity contribution is 0.282. The Kier molecular flexibility index (Phi) is 9.46. The Morgan fingerprint density at radius 1 is 1.07 bits per heavy atom. The van der Waals surface area contributed by atoms with E-state index >= 15 is 0 Å². The highest BCUT2D eigenvalue weighted by atomic mass is 35.5. The quantitative estimate of drug-likeness (QED) is 0.460. The van der Waals surface area contributed by atoms with E-state index in [0.717, 1.165) is 18.6 Å². The number of thioether (sulfide) groups is 1. The van der Waals surface area contributed by atoms with Crippen molar-refractivity contribution in [1.29, 1.82) is 0 Å². The van der Waals surface area contributed by atoms with Crippen LogP contribution in [0.5, 0.6) is 0 Å². The summed E-state index contributed by atoms with van der Waals surface area (Å²) in [4.78, 5) is 0.667. The zero-order valence-corrected chi connectivity index (χ0v) is 18.7. The van der Waals surface area contributed by atoms with Crippen LogP contribution in [0.2, 0.25) is 10.0 Å². The van der Waals surface area contributed by atoms with Gasteiger partial charge in [0.25, 0.3) is 0 Å². The molecule has 0 bridgehead atoms. The van der Waals surface area contributed by atoms with Crippen molar-refractivity contribution < 1.29 is 9.32 Å². The van der Waals surface area contributed by atoms with E-state index in [0.29, 0.717) is 38.0 Å². The van der Waals surface area contributed by atoms with Crippen LogP contribution in [-0.4, -0.2) is 26.9 Å². The van der Waals surface area contributed by atoms with Crippen molar-refractivity contribution in [2.24, 2.45) is 0 Å². The molecular weight excluding hydrogens is 421 g/mol. The van der Waals surface area contributed by atoms with Crippen LogP contribution in [0.4, 0.5) is 5.69 Å². The first-order valence-electron chi connectivity index (χ1n) is 8.88. The van der Waals surface area contributed by atoms with Gasteiger partial charge in [-0.2, -0.15) is 11.8 Å². The third-order valence-corrected chi connectivity index (χ3v) is 7.04. The van der Waals surface area contributed by atoms with E-state index in [1.165, 1.54) is 0 Å². The molecule has 0 aliphatic rings. The first-order valence-corrected chi connectivity index (χ1v) is 11.8. The number of rotatable bonds is 10. The summed E-state index contributed by atoms with van der Waals surface area (Å²) in [6, 6.07) is 12.3. The first kappa shape index (κ1) is 22.6. The minimum Gasteiger partial charge on any atom is -0.392 e. The van der Waals surface area contributed by atoms with E-state index < -0.39 is 11.0 Å². The Morgan fingerprint density at radius 3 is 2.37 bits per heavy atom. The highest BCUT2D eigenvalue weighted by molar-refractivity contribution is 7.99. The normalized spacial score (nSPS) is 12.4. The summed E-state index contributed by atoms with van der Waals surface area (Å²) in [6.07, 6.45) is 1.93. The molecule has 0 radical (unpaired) electrons. The van der Waals surface area contributed by atoms with Crippen molar-refractivity contribution in [3.05, 3.63) is 58.1 Å². The number of hydrogen-bond donors (Lipinski definition) is 1. The second-order valence-corrected chi connectivity index (χ2v) is 10.3. The van der Waals surface area contributed by atoms with E-state index in [-0.39, 0.29) is 6.61 Å². The van der Waals surface area contributed by atoms with Crippen LogP contribution in [-0.2, 0) is 17.6 Å². The molecule has 1 atom stereocenters. The second kappa shape index (κ2) is 11.3. The van der Waals surface area contributed by atoms with Gasteiger partial charge in [-0.3, -0.25) is 4.31 Å². The molecule has 0 heterocycles. The molecular formula is C20H25Cl2NO2S2. The lowest BCUT2D eigenvalue weighted by Crippen LogP contribution is -2.28. The maximum absolute atomic E-state index is 13.3.